The van der Waals surface area contributed by atoms with Crippen LogP contribution in [-0.4, -0.2) is 56.6 Å². The average molecular weight is 268 g/mol. The van der Waals surface area contributed by atoms with Crippen LogP contribution in [0, 0.1) is 0 Å². The molecule has 0 aromatic carbocycles. The number of hydrogen-bond donors (Lipinski definition) is 4. The van der Waals surface area contributed by atoms with Crippen LogP contribution in [0.25, 0.3) is 0 Å². The van der Waals surface area contributed by atoms with E-state index in [9.17, 15) is 10.2 Å². The van der Waals surface area contributed by atoms with Gasteiger partial charge in [0.2, 0.25) is 0 Å². The van der Waals surface area contributed by atoms with Gasteiger partial charge in [-0.15, -0.1) is 0 Å². The second-order valence-electron chi connectivity index (χ2n) is 4.65. The number of nitrogens with zero attached hydrogens (tertiary/aromatic N) is 3. The number of aliphatic hydroxyl groups excluding tert-OH is 3. The first-order valence-electron chi connectivity index (χ1n) is 6.14. The summed E-state index contributed by atoms with van der Waals surface area (Å²) in [6, 6.07) is 0. The molecule has 0 bridgehead atoms. The number of nitrogens with one attached hydrogen (secondary N) is 1. The van der Waals surface area contributed by atoms with Crippen molar-refractivity contribution in [3.63, 3.8) is 0 Å². The highest BCUT2D eigenvalue weighted by molar-refractivity contribution is 5.76. The molecule has 0 aliphatic carbocycles. The van der Waals surface area contributed by atoms with Crippen molar-refractivity contribution in [3.05, 3.63) is 12.0 Å². The first kappa shape index (κ1) is 12.5. The third-order valence-electron chi connectivity index (χ3n) is 3.40. The van der Waals surface area contributed by atoms with Crippen LogP contribution < -0.4 is 5.32 Å². The maximum atomic E-state index is 9.89. The quantitative estimate of drug-likeness (QED) is 0.548. The van der Waals surface area contributed by atoms with Crippen LogP contribution in [0.3, 0.4) is 0 Å². The van der Waals surface area contributed by atoms with Crippen molar-refractivity contribution in [1.82, 2.24) is 9.55 Å². The first-order chi connectivity index (χ1) is 9.20. The van der Waals surface area contributed by atoms with Crippen LogP contribution in [0.2, 0.25) is 0 Å². The standard InChI is InChI=1S/C11H16N4O4/c16-3-8-6(17)1-9(19-8)15-5-14-10-7(18)2-12-4-13-11(10)15/h4-9,16-18H,1-3H2,(H,12,13)/t6-,7+,8+,9?/m0/s1. The summed E-state index contributed by atoms with van der Waals surface area (Å²) in [6.07, 6.45) is 0.935. The zero-order chi connectivity index (χ0) is 13.4. The number of aliphatic imine (C=N–C) groups is 1. The first-order valence-corrected chi connectivity index (χ1v) is 6.14. The van der Waals surface area contributed by atoms with Gasteiger partial charge in [0, 0.05) is 6.42 Å². The second kappa shape index (κ2) is 4.89. The van der Waals surface area contributed by atoms with Crippen molar-refractivity contribution in [1.29, 1.82) is 0 Å². The lowest BCUT2D eigenvalue weighted by Gasteiger charge is -2.16. The summed E-state index contributed by atoms with van der Waals surface area (Å²) in [4.78, 5) is 8.15. The van der Waals surface area contributed by atoms with Gasteiger partial charge < -0.3 is 25.4 Å². The number of imidazole rings is 1. The molecule has 2 aliphatic rings. The van der Waals surface area contributed by atoms with Gasteiger partial charge in [0.25, 0.3) is 0 Å². The summed E-state index contributed by atoms with van der Waals surface area (Å²) < 4.78 is 7.27. The molecule has 1 fully saturated rings. The summed E-state index contributed by atoms with van der Waals surface area (Å²) in [5.41, 5.74) is 0.503. The average Bonchev–Trinajstić information content (AvgIpc) is 2.93. The Hall–Kier alpha value is -1.48. The van der Waals surface area contributed by atoms with E-state index < -0.39 is 24.5 Å². The summed E-state index contributed by atoms with van der Waals surface area (Å²) in [6.45, 7) is 0.0243. The molecule has 1 saturated heterocycles. The van der Waals surface area contributed by atoms with E-state index in [1.807, 2.05) is 0 Å². The molecule has 2 aliphatic heterocycles. The van der Waals surface area contributed by atoms with Gasteiger partial charge in [-0.1, -0.05) is 0 Å². The number of ether oxygens (including phenoxy) is 1. The Morgan fingerprint density at radius 3 is 3.05 bits per heavy atom. The summed E-state index contributed by atoms with van der Waals surface area (Å²) in [5.74, 6) is 0.601. The van der Waals surface area contributed by atoms with Gasteiger partial charge in [-0.3, -0.25) is 9.56 Å². The fourth-order valence-electron chi connectivity index (χ4n) is 2.38. The van der Waals surface area contributed by atoms with E-state index in [0.29, 0.717) is 17.9 Å². The molecule has 104 valence electrons. The molecule has 4 atom stereocenters. The number of aliphatic hydroxyl groups is 3. The number of rotatable bonds is 2. The number of aromatic nitrogens is 2. The molecule has 1 aromatic rings. The molecule has 4 N–H and O–H groups in total. The maximum absolute atomic E-state index is 9.89. The maximum Gasteiger partial charge on any atom is 0.139 e. The van der Waals surface area contributed by atoms with Gasteiger partial charge in [0.05, 0.1) is 31.9 Å². The fraction of sp³-hybridized carbons (Fsp3) is 0.636. The van der Waals surface area contributed by atoms with E-state index in [1.165, 1.54) is 6.34 Å². The number of anilines is 1. The highest BCUT2D eigenvalue weighted by Crippen LogP contribution is 2.34. The highest BCUT2D eigenvalue weighted by Gasteiger charge is 2.36. The Morgan fingerprint density at radius 2 is 2.32 bits per heavy atom. The van der Waals surface area contributed by atoms with Crippen LogP contribution in [0.15, 0.2) is 11.3 Å². The molecule has 3 heterocycles. The van der Waals surface area contributed by atoms with E-state index >= 15 is 0 Å². The third kappa shape index (κ3) is 2.12. The molecule has 1 unspecified atom stereocenters. The van der Waals surface area contributed by atoms with Crippen molar-refractivity contribution in [3.8, 4) is 0 Å². The van der Waals surface area contributed by atoms with Crippen molar-refractivity contribution >= 4 is 12.2 Å². The molecule has 3 rings (SSSR count). The van der Waals surface area contributed by atoms with Gasteiger partial charge in [0.15, 0.2) is 0 Å². The second-order valence-corrected chi connectivity index (χ2v) is 4.65. The molecule has 19 heavy (non-hydrogen) atoms. The monoisotopic (exact) mass is 268 g/mol. The van der Waals surface area contributed by atoms with Gasteiger partial charge >= 0.3 is 0 Å². The van der Waals surface area contributed by atoms with Crippen LogP contribution in [0.4, 0.5) is 5.82 Å². The van der Waals surface area contributed by atoms with E-state index in [2.05, 4.69) is 15.3 Å². The minimum absolute atomic E-state index is 0.230. The smallest absolute Gasteiger partial charge is 0.139 e. The van der Waals surface area contributed by atoms with E-state index in [4.69, 9.17) is 9.84 Å². The Balaban J connectivity index is 1.89. The minimum atomic E-state index is -0.762. The number of hydrogen-bond acceptors (Lipinski definition) is 7. The predicted octanol–water partition coefficient (Wildman–Crippen LogP) is -0.989. The van der Waals surface area contributed by atoms with Crippen molar-refractivity contribution in [2.45, 2.75) is 31.0 Å². The van der Waals surface area contributed by atoms with Gasteiger partial charge in [-0.05, 0) is 0 Å². The van der Waals surface area contributed by atoms with Gasteiger partial charge in [0.1, 0.15) is 29.9 Å². The van der Waals surface area contributed by atoms with E-state index in [1.54, 1.807) is 10.9 Å². The molecular weight excluding hydrogens is 252 g/mol. The van der Waals surface area contributed by atoms with E-state index in [-0.39, 0.29) is 13.2 Å². The molecule has 0 saturated carbocycles. The van der Waals surface area contributed by atoms with Gasteiger partial charge in [-0.2, -0.15) is 0 Å². The molecule has 8 nitrogen and oxygen atoms in total. The minimum Gasteiger partial charge on any atom is -0.394 e. The normalized spacial score (nSPS) is 33.8. The van der Waals surface area contributed by atoms with Crippen molar-refractivity contribution in [2.24, 2.45) is 4.99 Å². The van der Waals surface area contributed by atoms with Crippen LogP contribution in [0.1, 0.15) is 24.4 Å². The lowest BCUT2D eigenvalue weighted by Crippen LogP contribution is -2.24. The molecule has 8 heteroatoms. The third-order valence-corrected chi connectivity index (χ3v) is 3.40. The zero-order valence-corrected chi connectivity index (χ0v) is 10.2. The predicted molar refractivity (Wildman–Crippen MR) is 65.8 cm³/mol. The van der Waals surface area contributed by atoms with Crippen molar-refractivity contribution < 1.29 is 20.1 Å². The summed E-state index contributed by atoms with van der Waals surface area (Å²) in [7, 11) is 0. The number of fused-ring (bicyclic) bond motifs is 1. The molecule has 1 aromatic heterocycles. The Bertz CT molecular complexity index is 489. The van der Waals surface area contributed by atoms with Crippen LogP contribution >= 0.6 is 0 Å². The zero-order valence-electron chi connectivity index (χ0n) is 10.2. The Labute approximate surface area is 109 Å². The molecule has 0 amide bonds. The topological polar surface area (TPSA) is 112 Å². The molecular formula is C11H16N4O4. The molecule has 0 spiro atoms. The lowest BCUT2D eigenvalue weighted by molar-refractivity contribution is -0.0437. The Morgan fingerprint density at radius 1 is 1.47 bits per heavy atom. The molecule has 0 radical (unpaired) electrons. The lowest BCUT2D eigenvalue weighted by atomic mass is 10.2. The summed E-state index contributed by atoms with van der Waals surface area (Å²) in [5, 5.41) is 31.7. The highest BCUT2D eigenvalue weighted by atomic mass is 16.5. The van der Waals surface area contributed by atoms with Crippen LogP contribution in [-0.2, 0) is 4.74 Å². The largest absolute Gasteiger partial charge is 0.394 e. The van der Waals surface area contributed by atoms with E-state index in [0.717, 1.165) is 0 Å². The Kier molecular flexibility index (Phi) is 3.23. The summed E-state index contributed by atoms with van der Waals surface area (Å²) >= 11 is 0. The fourth-order valence-corrected chi connectivity index (χ4v) is 2.38. The SMILES string of the molecule is OC[C@H]1OC(n2cnc3c2NC=NC[C@H]3O)C[C@@H]1O. The van der Waals surface area contributed by atoms with Crippen LogP contribution in [0.5, 0.6) is 0 Å². The van der Waals surface area contributed by atoms with Gasteiger partial charge in [-0.25, -0.2) is 4.98 Å². The van der Waals surface area contributed by atoms with Crippen molar-refractivity contribution in [2.75, 3.05) is 18.5 Å².